The van der Waals surface area contributed by atoms with Crippen LogP contribution >= 0.6 is 15.9 Å². The lowest BCUT2D eigenvalue weighted by atomic mass is 9.97. The lowest BCUT2D eigenvalue weighted by Crippen LogP contribution is -2.42. The van der Waals surface area contributed by atoms with Gasteiger partial charge in [0.05, 0.1) is 12.5 Å². The van der Waals surface area contributed by atoms with Crippen molar-refractivity contribution in [2.45, 2.75) is 58.2 Å². The zero-order valence-corrected chi connectivity index (χ0v) is 23.0. The van der Waals surface area contributed by atoms with Crippen LogP contribution in [0.3, 0.4) is 0 Å². The molecule has 1 amide bonds. The molecule has 1 atom stereocenters. The van der Waals surface area contributed by atoms with E-state index in [0.29, 0.717) is 31.3 Å². The fourth-order valence-electron chi connectivity index (χ4n) is 5.39. The minimum Gasteiger partial charge on any atom is -0.352 e. The molecule has 37 heavy (non-hydrogen) atoms. The average Bonchev–Trinajstić information content (AvgIpc) is 3.23. The molecule has 1 N–H and O–H groups in total. The normalized spacial score (nSPS) is 19.4. The number of halogens is 1. The van der Waals surface area contributed by atoms with Gasteiger partial charge in [-0.15, -0.1) is 0 Å². The number of aromatic nitrogens is 2. The van der Waals surface area contributed by atoms with E-state index in [1.807, 2.05) is 24.3 Å². The first kappa shape index (κ1) is 26.1. The topological polar surface area (TPSA) is 74.5 Å². The third-order valence-electron chi connectivity index (χ3n) is 7.35. The molecule has 2 saturated heterocycles. The van der Waals surface area contributed by atoms with E-state index in [-0.39, 0.29) is 11.8 Å². The molecule has 0 radical (unpaired) electrons. The molecule has 2 aliphatic heterocycles. The van der Waals surface area contributed by atoms with Gasteiger partial charge in [0.25, 0.3) is 0 Å². The van der Waals surface area contributed by atoms with Crippen LogP contribution in [0.2, 0.25) is 0 Å². The average molecular weight is 567 g/mol. The van der Waals surface area contributed by atoms with Crippen LogP contribution < -0.4 is 5.32 Å². The SMILES string of the molecule is O=C(NCc1cccc(CN2CCCCCC2)c1)C1CCCN(Cc2nc(-c3cccc(Br)c3)no2)C1. The van der Waals surface area contributed by atoms with E-state index in [1.54, 1.807) is 0 Å². The number of likely N-dealkylation sites (tertiary alicyclic amines) is 2. The van der Waals surface area contributed by atoms with Crippen molar-refractivity contribution in [3.63, 3.8) is 0 Å². The maximum absolute atomic E-state index is 13.0. The number of benzene rings is 2. The van der Waals surface area contributed by atoms with Crippen molar-refractivity contribution >= 4 is 21.8 Å². The molecule has 8 heteroatoms. The maximum atomic E-state index is 13.0. The van der Waals surface area contributed by atoms with Gasteiger partial charge in [-0.05, 0) is 68.6 Å². The van der Waals surface area contributed by atoms with Crippen molar-refractivity contribution in [2.75, 3.05) is 26.2 Å². The zero-order chi connectivity index (χ0) is 25.5. The van der Waals surface area contributed by atoms with Crippen molar-refractivity contribution in [1.29, 1.82) is 0 Å². The van der Waals surface area contributed by atoms with Crippen molar-refractivity contribution in [1.82, 2.24) is 25.3 Å². The minimum absolute atomic E-state index is 0.0264. The summed E-state index contributed by atoms with van der Waals surface area (Å²) in [6.45, 7) is 6.14. The highest BCUT2D eigenvalue weighted by Gasteiger charge is 2.27. The second-order valence-corrected chi connectivity index (χ2v) is 11.2. The third kappa shape index (κ3) is 7.49. The molecule has 0 aliphatic carbocycles. The molecule has 0 saturated carbocycles. The van der Waals surface area contributed by atoms with E-state index in [1.165, 1.54) is 49.9 Å². The predicted octanol–water partition coefficient (Wildman–Crippen LogP) is 5.40. The monoisotopic (exact) mass is 565 g/mol. The van der Waals surface area contributed by atoms with E-state index in [0.717, 1.165) is 36.0 Å². The molecule has 2 aliphatic rings. The van der Waals surface area contributed by atoms with E-state index in [2.05, 4.69) is 65.5 Å². The van der Waals surface area contributed by atoms with E-state index in [4.69, 9.17) is 4.52 Å². The number of carbonyl (C=O) groups excluding carboxylic acids is 1. The molecule has 196 valence electrons. The highest BCUT2D eigenvalue weighted by molar-refractivity contribution is 9.10. The van der Waals surface area contributed by atoms with Crippen LogP contribution in [0.15, 0.2) is 57.5 Å². The Hall–Kier alpha value is -2.55. The summed E-state index contributed by atoms with van der Waals surface area (Å²) in [5.74, 6) is 1.27. The van der Waals surface area contributed by atoms with Gasteiger partial charge in [0.2, 0.25) is 17.6 Å². The number of hydrogen-bond acceptors (Lipinski definition) is 6. The quantitative estimate of drug-likeness (QED) is 0.394. The number of hydrogen-bond donors (Lipinski definition) is 1. The second-order valence-electron chi connectivity index (χ2n) is 10.3. The summed E-state index contributed by atoms with van der Waals surface area (Å²) in [5.41, 5.74) is 3.41. The summed E-state index contributed by atoms with van der Waals surface area (Å²) in [6, 6.07) is 16.5. The second kappa shape index (κ2) is 12.8. The predicted molar refractivity (Wildman–Crippen MR) is 147 cm³/mol. The van der Waals surface area contributed by atoms with Crippen LogP contribution in [0.5, 0.6) is 0 Å². The molecule has 0 spiro atoms. The van der Waals surface area contributed by atoms with Crippen LogP contribution in [-0.2, 0) is 24.4 Å². The number of piperidine rings is 1. The van der Waals surface area contributed by atoms with Crippen LogP contribution in [0.1, 0.15) is 55.5 Å². The molecule has 5 rings (SSSR count). The smallest absolute Gasteiger partial charge is 0.241 e. The van der Waals surface area contributed by atoms with Gasteiger partial charge in [0.15, 0.2) is 0 Å². The van der Waals surface area contributed by atoms with Crippen LogP contribution in [-0.4, -0.2) is 52.0 Å². The molecule has 1 aromatic heterocycles. The van der Waals surface area contributed by atoms with Gasteiger partial charge < -0.3 is 9.84 Å². The molecule has 2 fully saturated rings. The van der Waals surface area contributed by atoms with E-state index >= 15 is 0 Å². The van der Waals surface area contributed by atoms with Crippen LogP contribution in [0, 0.1) is 5.92 Å². The Morgan fingerprint density at radius 3 is 2.57 bits per heavy atom. The molecule has 2 aromatic carbocycles. The van der Waals surface area contributed by atoms with Gasteiger partial charge in [0.1, 0.15) is 0 Å². The molecule has 0 bridgehead atoms. The number of nitrogens with one attached hydrogen (secondary N) is 1. The summed E-state index contributed by atoms with van der Waals surface area (Å²) in [6.07, 6.45) is 7.19. The molecule has 3 heterocycles. The molecular formula is C29H36BrN5O2. The third-order valence-corrected chi connectivity index (χ3v) is 7.84. The first-order valence-electron chi connectivity index (χ1n) is 13.5. The number of carbonyl (C=O) groups is 1. The van der Waals surface area contributed by atoms with E-state index < -0.39 is 0 Å². The van der Waals surface area contributed by atoms with Gasteiger partial charge in [0, 0.05) is 29.7 Å². The van der Waals surface area contributed by atoms with Gasteiger partial charge in [-0.2, -0.15) is 4.98 Å². The highest BCUT2D eigenvalue weighted by Crippen LogP contribution is 2.23. The lowest BCUT2D eigenvalue weighted by Gasteiger charge is -2.30. The fourth-order valence-corrected chi connectivity index (χ4v) is 5.79. The lowest BCUT2D eigenvalue weighted by molar-refractivity contribution is -0.127. The number of rotatable bonds is 8. The Bertz CT molecular complexity index is 1170. The Labute approximate surface area is 227 Å². The summed E-state index contributed by atoms with van der Waals surface area (Å²) >= 11 is 3.49. The number of amides is 1. The van der Waals surface area contributed by atoms with Crippen LogP contribution in [0.25, 0.3) is 11.4 Å². The van der Waals surface area contributed by atoms with E-state index in [9.17, 15) is 4.79 Å². The van der Waals surface area contributed by atoms with Crippen molar-refractivity contribution in [3.05, 3.63) is 70.0 Å². The minimum atomic E-state index is -0.0264. The van der Waals surface area contributed by atoms with Gasteiger partial charge in [-0.1, -0.05) is 70.3 Å². The van der Waals surface area contributed by atoms with Crippen molar-refractivity contribution in [2.24, 2.45) is 5.92 Å². The van der Waals surface area contributed by atoms with Gasteiger partial charge in [-0.25, -0.2) is 0 Å². The molecule has 7 nitrogen and oxygen atoms in total. The van der Waals surface area contributed by atoms with Gasteiger partial charge in [-0.3, -0.25) is 14.6 Å². The molecular weight excluding hydrogens is 530 g/mol. The van der Waals surface area contributed by atoms with Crippen molar-refractivity contribution in [3.8, 4) is 11.4 Å². The summed E-state index contributed by atoms with van der Waals surface area (Å²) in [5, 5.41) is 7.33. The fraction of sp³-hybridized carbons (Fsp3) is 0.483. The largest absolute Gasteiger partial charge is 0.352 e. The first-order valence-corrected chi connectivity index (χ1v) is 14.3. The standard InChI is InChI=1S/C29H36BrN5O2/c30-26-12-6-10-24(17-26)28-32-27(37-33-28)21-35-15-7-11-25(20-35)29(36)31-18-22-8-5-9-23(16-22)19-34-13-3-1-2-4-14-34/h5-6,8-10,12,16-17,25H,1-4,7,11,13-15,18-21H2,(H,31,36). The summed E-state index contributed by atoms with van der Waals surface area (Å²) in [4.78, 5) is 22.4. The number of nitrogens with zero attached hydrogens (tertiary/aromatic N) is 4. The Kier molecular flexibility index (Phi) is 9.02. The molecule has 1 unspecified atom stereocenters. The first-order chi connectivity index (χ1) is 18.1. The van der Waals surface area contributed by atoms with Gasteiger partial charge >= 0.3 is 0 Å². The maximum Gasteiger partial charge on any atom is 0.241 e. The van der Waals surface area contributed by atoms with Crippen molar-refractivity contribution < 1.29 is 9.32 Å². The summed E-state index contributed by atoms with van der Waals surface area (Å²) < 4.78 is 6.49. The van der Waals surface area contributed by atoms with Crippen LogP contribution in [0.4, 0.5) is 0 Å². The molecule has 3 aromatic rings. The zero-order valence-electron chi connectivity index (χ0n) is 21.4. The Balaban J connectivity index is 1.11. The highest BCUT2D eigenvalue weighted by atomic mass is 79.9. The Morgan fingerprint density at radius 2 is 1.73 bits per heavy atom. The summed E-state index contributed by atoms with van der Waals surface area (Å²) in [7, 11) is 0. The Morgan fingerprint density at radius 1 is 0.946 bits per heavy atom.